The van der Waals surface area contributed by atoms with Crippen LogP contribution in [0.25, 0.3) is 6.08 Å². The van der Waals surface area contributed by atoms with Gasteiger partial charge in [0, 0.05) is 11.8 Å². The molecule has 0 heterocycles. The molecule has 2 rings (SSSR count). The van der Waals surface area contributed by atoms with E-state index in [4.69, 9.17) is 4.74 Å². The topological polar surface area (TPSA) is 38.3 Å². The van der Waals surface area contributed by atoms with Crippen molar-refractivity contribution in [3.63, 3.8) is 0 Å². The van der Waals surface area contributed by atoms with Gasteiger partial charge in [-0.05, 0) is 48.2 Å². The van der Waals surface area contributed by atoms with Crippen molar-refractivity contribution in [3.8, 4) is 5.75 Å². The molecule has 2 aromatic rings. The molecule has 3 heteroatoms. The maximum Gasteiger partial charge on any atom is 0.248 e. The summed E-state index contributed by atoms with van der Waals surface area (Å²) in [5.41, 5.74) is 4.06. The molecule has 0 aliphatic heterocycles. The number of para-hydroxylation sites is 1. The van der Waals surface area contributed by atoms with Gasteiger partial charge in [0.1, 0.15) is 12.4 Å². The zero-order valence-corrected chi connectivity index (χ0v) is 14.2. The average molecular weight is 321 g/mol. The summed E-state index contributed by atoms with van der Waals surface area (Å²) in [7, 11) is 0. The Morgan fingerprint density at radius 3 is 2.62 bits per heavy atom. The highest BCUT2D eigenvalue weighted by atomic mass is 16.5. The van der Waals surface area contributed by atoms with Gasteiger partial charge in [0.2, 0.25) is 5.91 Å². The zero-order valence-electron chi connectivity index (χ0n) is 14.2. The molecule has 0 atom stereocenters. The Labute approximate surface area is 143 Å². The van der Waals surface area contributed by atoms with E-state index in [1.807, 2.05) is 49.4 Å². The van der Waals surface area contributed by atoms with E-state index >= 15 is 0 Å². The first-order chi connectivity index (χ1) is 11.6. The molecule has 0 saturated heterocycles. The van der Waals surface area contributed by atoms with Gasteiger partial charge in [0.15, 0.2) is 0 Å². The summed E-state index contributed by atoms with van der Waals surface area (Å²) in [5, 5.41) is 2.98. The lowest BCUT2D eigenvalue weighted by Gasteiger charge is -2.11. The Morgan fingerprint density at radius 2 is 1.96 bits per heavy atom. The second kappa shape index (κ2) is 8.73. The highest BCUT2D eigenvalue weighted by Gasteiger charge is 2.06. The number of hydrogen-bond donors (Lipinski definition) is 1. The molecule has 0 saturated carbocycles. The third kappa shape index (κ3) is 4.85. The smallest absolute Gasteiger partial charge is 0.248 e. The van der Waals surface area contributed by atoms with Crippen LogP contribution in [-0.2, 0) is 11.2 Å². The van der Waals surface area contributed by atoms with E-state index < -0.39 is 0 Å². The molecule has 0 aliphatic carbocycles. The number of anilines is 1. The molecule has 0 aliphatic rings. The summed E-state index contributed by atoms with van der Waals surface area (Å²) >= 11 is 0. The molecule has 24 heavy (non-hydrogen) atoms. The maximum absolute atomic E-state index is 12.2. The van der Waals surface area contributed by atoms with Gasteiger partial charge in [-0.25, -0.2) is 0 Å². The van der Waals surface area contributed by atoms with Gasteiger partial charge in [0.05, 0.1) is 0 Å². The van der Waals surface area contributed by atoms with Crippen LogP contribution in [0.5, 0.6) is 5.75 Å². The van der Waals surface area contributed by atoms with E-state index in [9.17, 15) is 4.79 Å². The van der Waals surface area contributed by atoms with Gasteiger partial charge in [-0.1, -0.05) is 49.9 Å². The number of carbonyl (C=O) groups excluding carboxylic acids is 1. The van der Waals surface area contributed by atoms with Gasteiger partial charge in [-0.2, -0.15) is 0 Å². The molecule has 1 N–H and O–H groups in total. The Bertz CT molecular complexity index is 730. The third-order valence-corrected chi connectivity index (χ3v) is 3.66. The minimum Gasteiger partial charge on any atom is -0.490 e. The van der Waals surface area contributed by atoms with Crippen molar-refractivity contribution in [2.75, 3.05) is 11.9 Å². The first-order valence-electron chi connectivity index (χ1n) is 8.05. The lowest BCUT2D eigenvalue weighted by Crippen LogP contribution is -2.11. The van der Waals surface area contributed by atoms with Crippen molar-refractivity contribution in [2.45, 2.75) is 20.3 Å². The van der Waals surface area contributed by atoms with Crippen LogP contribution in [0.2, 0.25) is 0 Å². The van der Waals surface area contributed by atoms with Crippen molar-refractivity contribution < 1.29 is 9.53 Å². The molecule has 124 valence electrons. The lowest BCUT2D eigenvalue weighted by molar-refractivity contribution is -0.111. The number of nitrogens with one attached hydrogen (secondary N) is 1. The van der Waals surface area contributed by atoms with Crippen LogP contribution in [0.4, 0.5) is 5.69 Å². The van der Waals surface area contributed by atoms with Crippen molar-refractivity contribution in [2.24, 2.45) is 0 Å². The first kappa shape index (κ1) is 17.5. The third-order valence-electron chi connectivity index (χ3n) is 3.66. The molecular formula is C21H23NO2. The van der Waals surface area contributed by atoms with Crippen molar-refractivity contribution in [3.05, 3.63) is 77.9 Å². The maximum atomic E-state index is 12.2. The van der Waals surface area contributed by atoms with Gasteiger partial charge < -0.3 is 10.1 Å². The van der Waals surface area contributed by atoms with Crippen molar-refractivity contribution in [1.82, 2.24) is 0 Å². The second-order valence-electron chi connectivity index (χ2n) is 5.45. The number of benzene rings is 2. The van der Waals surface area contributed by atoms with E-state index in [-0.39, 0.29) is 5.91 Å². The highest BCUT2D eigenvalue weighted by Crippen LogP contribution is 2.21. The summed E-state index contributed by atoms with van der Waals surface area (Å²) < 4.78 is 5.43. The molecule has 0 radical (unpaired) electrons. The SMILES string of the molecule is C=CCOc1ccc(/C=C/C(=O)Nc2c(C)cccc2CC)cc1. The molecule has 0 fully saturated rings. The average Bonchev–Trinajstić information content (AvgIpc) is 2.60. The minimum atomic E-state index is -0.133. The summed E-state index contributed by atoms with van der Waals surface area (Å²) in [6, 6.07) is 13.6. The van der Waals surface area contributed by atoms with Crippen LogP contribution in [0.15, 0.2) is 61.2 Å². The standard InChI is InChI=1S/C21H23NO2/c1-4-15-24-19-12-9-17(10-13-19)11-14-20(23)22-21-16(3)7-6-8-18(21)5-2/h4,6-14H,1,5,15H2,2-3H3,(H,22,23)/b14-11+. The van der Waals surface area contributed by atoms with Gasteiger partial charge in [-0.15, -0.1) is 0 Å². The monoisotopic (exact) mass is 321 g/mol. The second-order valence-corrected chi connectivity index (χ2v) is 5.45. The largest absolute Gasteiger partial charge is 0.490 e. The Kier molecular flexibility index (Phi) is 6.38. The fourth-order valence-corrected chi connectivity index (χ4v) is 2.37. The molecule has 2 aromatic carbocycles. The molecule has 0 spiro atoms. The van der Waals surface area contributed by atoms with E-state index in [1.54, 1.807) is 18.2 Å². The number of aryl methyl sites for hydroxylation is 2. The predicted octanol–water partition coefficient (Wildman–Crippen LogP) is 4.77. The van der Waals surface area contributed by atoms with Crippen LogP contribution >= 0.6 is 0 Å². The van der Waals surface area contributed by atoms with E-state index in [0.29, 0.717) is 6.61 Å². The zero-order chi connectivity index (χ0) is 17.4. The highest BCUT2D eigenvalue weighted by molar-refractivity contribution is 6.02. The number of ether oxygens (including phenoxy) is 1. The first-order valence-corrected chi connectivity index (χ1v) is 8.05. The number of amides is 1. The molecule has 0 unspecified atom stereocenters. The Morgan fingerprint density at radius 1 is 1.21 bits per heavy atom. The number of rotatable bonds is 7. The number of carbonyl (C=O) groups is 1. The molecule has 0 bridgehead atoms. The van der Waals surface area contributed by atoms with E-state index in [0.717, 1.165) is 34.5 Å². The Balaban J connectivity index is 2.02. The number of hydrogen-bond acceptors (Lipinski definition) is 2. The van der Waals surface area contributed by atoms with Crippen LogP contribution in [0.1, 0.15) is 23.6 Å². The van der Waals surface area contributed by atoms with Gasteiger partial charge in [0.25, 0.3) is 0 Å². The Hall–Kier alpha value is -2.81. The van der Waals surface area contributed by atoms with Gasteiger partial charge >= 0.3 is 0 Å². The molecule has 3 nitrogen and oxygen atoms in total. The lowest BCUT2D eigenvalue weighted by atomic mass is 10.1. The molecule has 0 aromatic heterocycles. The fourth-order valence-electron chi connectivity index (χ4n) is 2.37. The predicted molar refractivity (Wildman–Crippen MR) is 100 cm³/mol. The van der Waals surface area contributed by atoms with Crippen LogP contribution in [0, 0.1) is 6.92 Å². The van der Waals surface area contributed by atoms with Crippen LogP contribution in [-0.4, -0.2) is 12.5 Å². The summed E-state index contributed by atoms with van der Waals surface area (Å²) in [6.07, 6.45) is 5.92. The van der Waals surface area contributed by atoms with Crippen LogP contribution < -0.4 is 10.1 Å². The normalized spacial score (nSPS) is 10.6. The van der Waals surface area contributed by atoms with Gasteiger partial charge in [-0.3, -0.25) is 4.79 Å². The summed E-state index contributed by atoms with van der Waals surface area (Å²) in [5.74, 6) is 0.648. The summed E-state index contributed by atoms with van der Waals surface area (Å²) in [4.78, 5) is 12.2. The van der Waals surface area contributed by atoms with Crippen LogP contribution in [0.3, 0.4) is 0 Å². The van der Waals surface area contributed by atoms with Crippen molar-refractivity contribution in [1.29, 1.82) is 0 Å². The van der Waals surface area contributed by atoms with E-state index in [1.165, 1.54) is 0 Å². The molecular weight excluding hydrogens is 298 g/mol. The molecule has 1 amide bonds. The van der Waals surface area contributed by atoms with E-state index in [2.05, 4.69) is 18.8 Å². The minimum absolute atomic E-state index is 0.133. The van der Waals surface area contributed by atoms with Crippen molar-refractivity contribution >= 4 is 17.7 Å². The fraction of sp³-hybridized carbons (Fsp3) is 0.190. The quantitative estimate of drug-likeness (QED) is 0.589. The summed E-state index contributed by atoms with van der Waals surface area (Å²) in [6.45, 7) is 8.17.